The van der Waals surface area contributed by atoms with Gasteiger partial charge in [-0.1, -0.05) is 12.2 Å². The Hall–Kier alpha value is -1.44. The predicted molar refractivity (Wildman–Crippen MR) is 74.4 cm³/mol. The second-order valence-corrected chi connectivity index (χ2v) is 4.99. The Morgan fingerprint density at radius 1 is 1.29 bits per heavy atom. The molecule has 0 aromatic carbocycles. The summed E-state index contributed by atoms with van der Waals surface area (Å²) in [6, 6.07) is -0.586. The summed E-state index contributed by atoms with van der Waals surface area (Å²) in [4.78, 5) is 24.2. The number of hydrogen-bond acceptors (Lipinski definition) is 7. The minimum atomic E-state index is -1.14. The van der Waals surface area contributed by atoms with Crippen LogP contribution in [0.1, 0.15) is 20.8 Å². The maximum absolute atomic E-state index is 11.2. The van der Waals surface area contributed by atoms with Crippen LogP contribution in [-0.4, -0.2) is 71.1 Å². The molecule has 21 heavy (non-hydrogen) atoms. The summed E-state index contributed by atoms with van der Waals surface area (Å²) in [6.07, 6.45) is 0.828. The highest BCUT2D eigenvalue weighted by Gasteiger charge is 2.45. The molecule has 7 heteroatoms. The monoisotopic (exact) mass is 301 g/mol. The zero-order valence-electron chi connectivity index (χ0n) is 12.6. The van der Waals surface area contributed by atoms with E-state index in [4.69, 9.17) is 9.47 Å². The van der Waals surface area contributed by atoms with Gasteiger partial charge in [0.05, 0.1) is 12.6 Å². The van der Waals surface area contributed by atoms with E-state index in [0.29, 0.717) is 6.54 Å². The highest BCUT2D eigenvalue weighted by molar-refractivity contribution is 5.67. The topological polar surface area (TPSA) is 96.3 Å². The Bertz CT molecular complexity index is 397. The Kier molecular flexibility index (Phi) is 6.80. The van der Waals surface area contributed by atoms with Crippen LogP contribution in [0, 0.1) is 0 Å². The number of likely N-dealkylation sites (tertiary alicyclic amines) is 1. The SMILES string of the molecule is C/C=C/CN1C[C@H](OC(C)=O)[C@@H](OC(C)=O)[C@H](O)[C@H]1CO. The molecule has 0 bridgehead atoms. The van der Waals surface area contributed by atoms with Crippen molar-refractivity contribution in [1.82, 2.24) is 4.90 Å². The zero-order valence-corrected chi connectivity index (χ0v) is 12.6. The van der Waals surface area contributed by atoms with Crippen LogP contribution in [0.5, 0.6) is 0 Å². The lowest BCUT2D eigenvalue weighted by molar-refractivity contribution is -0.195. The lowest BCUT2D eigenvalue weighted by Crippen LogP contribution is -2.64. The Labute approximate surface area is 124 Å². The molecule has 1 saturated heterocycles. The second-order valence-electron chi connectivity index (χ2n) is 4.99. The largest absolute Gasteiger partial charge is 0.457 e. The van der Waals surface area contributed by atoms with E-state index < -0.39 is 36.3 Å². The fourth-order valence-electron chi connectivity index (χ4n) is 2.45. The first-order chi connectivity index (χ1) is 9.90. The maximum atomic E-state index is 11.2. The Morgan fingerprint density at radius 2 is 1.90 bits per heavy atom. The molecule has 7 nitrogen and oxygen atoms in total. The molecule has 0 amide bonds. The molecule has 0 aliphatic carbocycles. The summed E-state index contributed by atoms with van der Waals surface area (Å²) < 4.78 is 10.2. The van der Waals surface area contributed by atoms with Gasteiger partial charge in [0.15, 0.2) is 12.2 Å². The van der Waals surface area contributed by atoms with E-state index in [2.05, 4.69) is 0 Å². The van der Waals surface area contributed by atoms with Gasteiger partial charge in [0.25, 0.3) is 0 Å². The number of rotatable bonds is 5. The van der Waals surface area contributed by atoms with Gasteiger partial charge in [-0.05, 0) is 6.92 Å². The van der Waals surface area contributed by atoms with Crippen molar-refractivity contribution in [1.29, 1.82) is 0 Å². The van der Waals surface area contributed by atoms with Crippen molar-refractivity contribution in [3.8, 4) is 0 Å². The maximum Gasteiger partial charge on any atom is 0.303 e. The van der Waals surface area contributed by atoms with Crippen LogP contribution in [-0.2, 0) is 19.1 Å². The molecule has 0 radical (unpaired) electrons. The summed E-state index contributed by atoms with van der Waals surface area (Å²) in [6.45, 7) is 4.81. The number of aliphatic hydroxyl groups excluding tert-OH is 2. The summed E-state index contributed by atoms with van der Waals surface area (Å²) in [5.74, 6) is -1.09. The molecule has 1 aliphatic rings. The molecule has 2 N–H and O–H groups in total. The Morgan fingerprint density at radius 3 is 2.38 bits per heavy atom. The first-order valence-electron chi connectivity index (χ1n) is 6.89. The van der Waals surface area contributed by atoms with E-state index in [1.807, 2.05) is 19.1 Å². The molecular formula is C14H23NO6. The third-order valence-electron chi connectivity index (χ3n) is 3.36. The van der Waals surface area contributed by atoms with Gasteiger partial charge >= 0.3 is 11.9 Å². The molecule has 1 aliphatic heterocycles. The quantitative estimate of drug-likeness (QED) is 0.520. The highest BCUT2D eigenvalue weighted by Crippen LogP contribution is 2.23. The standard InChI is InChI=1S/C14H23NO6/c1-4-5-6-15-7-12(20-9(2)17)14(21-10(3)18)13(19)11(15)8-16/h4-5,11-14,16,19H,6-8H2,1-3H3/b5-4+/t11-,12+,13-,14-/m1/s1. The average molecular weight is 301 g/mol. The van der Waals surface area contributed by atoms with Crippen molar-refractivity contribution in [3.05, 3.63) is 12.2 Å². The summed E-state index contributed by atoms with van der Waals surface area (Å²) in [5.41, 5.74) is 0. The molecule has 0 aromatic rings. The molecule has 1 rings (SSSR count). The fraction of sp³-hybridized carbons (Fsp3) is 0.714. The number of piperidine rings is 1. The number of carbonyl (C=O) groups is 2. The second kappa shape index (κ2) is 8.11. The third kappa shape index (κ3) is 4.80. The van der Waals surface area contributed by atoms with E-state index in [1.165, 1.54) is 13.8 Å². The highest BCUT2D eigenvalue weighted by atomic mass is 16.6. The van der Waals surface area contributed by atoms with Crippen molar-refractivity contribution in [2.75, 3.05) is 19.7 Å². The summed E-state index contributed by atoms with van der Waals surface area (Å²) >= 11 is 0. The smallest absolute Gasteiger partial charge is 0.303 e. The van der Waals surface area contributed by atoms with Gasteiger partial charge < -0.3 is 19.7 Å². The van der Waals surface area contributed by atoms with Crippen LogP contribution in [0.3, 0.4) is 0 Å². The van der Waals surface area contributed by atoms with Gasteiger partial charge in [0.1, 0.15) is 6.10 Å². The van der Waals surface area contributed by atoms with E-state index in [1.54, 1.807) is 4.90 Å². The van der Waals surface area contributed by atoms with Crippen molar-refractivity contribution in [2.45, 2.75) is 45.1 Å². The van der Waals surface area contributed by atoms with E-state index in [9.17, 15) is 19.8 Å². The first kappa shape index (κ1) is 17.6. The van der Waals surface area contributed by atoms with Crippen molar-refractivity contribution >= 4 is 11.9 Å². The molecule has 1 fully saturated rings. The number of ether oxygens (including phenoxy) is 2. The van der Waals surface area contributed by atoms with E-state index in [-0.39, 0.29) is 13.2 Å². The number of aliphatic hydroxyl groups is 2. The van der Waals surface area contributed by atoms with Crippen molar-refractivity contribution in [3.63, 3.8) is 0 Å². The number of esters is 2. The lowest BCUT2D eigenvalue weighted by Gasteiger charge is -2.44. The van der Waals surface area contributed by atoms with Crippen molar-refractivity contribution in [2.24, 2.45) is 0 Å². The minimum Gasteiger partial charge on any atom is -0.457 e. The average Bonchev–Trinajstić information content (AvgIpc) is 2.39. The van der Waals surface area contributed by atoms with Gasteiger partial charge in [-0.15, -0.1) is 0 Å². The van der Waals surface area contributed by atoms with Gasteiger partial charge in [-0.3, -0.25) is 14.5 Å². The number of nitrogens with zero attached hydrogens (tertiary/aromatic N) is 1. The number of hydrogen-bond donors (Lipinski definition) is 2. The molecule has 120 valence electrons. The Balaban J connectivity index is 2.95. The molecule has 0 unspecified atom stereocenters. The van der Waals surface area contributed by atoms with Crippen LogP contribution < -0.4 is 0 Å². The predicted octanol–water partition coefficient (Wildman–Crippen LogP) is -0.537. The van der Waals surface area contributed by atoms with Crippen LogP contribution in [0.25, 0.3) is 0 Å². The fourth-order valence-corrected chi connectivity index (χ4v) is 2.45. The van der Waals surface area contributed by atoms with E-state index >= 15 is 0 Å². The summed E-state index contributed by atoms with van der Waals surface area (Å²) in [5, 5.41) is 19.8. The van der Waals surface area contributed by atoms with Crippen LogP contribution >= 0.6 is 0 Å². The van der Waals surface area contributed by atoms with Gasteiger partial charge in [-0.25, -0.2) is 0 Å². The third-order valence-corrected chi connectivity index (χ3v) is 3.36. The first-order valence-corrected chi connectivity index (χ1v) is 6.89. The normalized spacial score (nSPS) is 30.3. The molecule has 0 saturated carbocycles. The van der Waals surface area contributed by atoms with Crippen molar-refractivity contribution < 1.29 is 29.3 Å². The molecule has 0 aromatic heterocycles. The van der Waals surface area contributed by atoms with Gasteiger partial charge in [-0.2, -0.15) is 0 Å². The number of carbonyl (C=O) groups excluding carboxylic acids is 2. The number of allylic oxidation sites excluding steroid dienone is 1. The lowest BCUT2D eigenvalue weighted by atomic mass is 9.93. The summed E-state index contributed by atoms with van der Waals surface area (Å²) in [7, 11) is 0. The van der Waals surface area contributed by atoms with E-state index in [0.717, 1.165) is 0 Å². The minimum absolute atomic E-state index is 0.268. The molecule has 4 atom stereocenters. The van der Waals surface area contributed by atoms with Gasteiger partial charge in [0, 0.05) is 26.9 Å². The van der Waals surface area contributed by atoms with Crippen LogP contribution in [0.2, 0.25) is 0 Å². The molecule has 1 heterocycles. The molecule has 0 spiro atoms. The van der Waals surface area contributed by atoms with Gasteiger partial charge in [0.2, 0.25) is 0 Å². The molecular weight excluding hydrogens is 278 g/mol. The zero-order chi connectivity index (χ0) is 16.0. The van der Waals surface area contributed by atoms with Crippen LogP contribution in [0.15, 0.2) is 12.2 Å². The van der Waals surface area contributed by atoms with Crippen LogP contribution in [0.4, 0.5) is 0 Å².